The first kappa shape index (κ1) is 19.3. The first-order valence-corrected chi connectivity index (χ1v) is 7.66. The van der Waals surface area contributed by atoms with Crippen molar-refractivity contribution in [1.29, 1.82) is 0 Å². The average Bonchev–Trinajstić information content (AvgIpc) is 2.45. The van der Waals surface area contributed by atoms with Crippen LogP contribution in [-0.2, 0) is 6.42 Å². The summed E-state index contributed by atoms with van der Waals surface area (Å²) in [6, 6.07) is 16.0. The van der Waals surface area contributed by atoms with Crippen molar-refractivity contribution < 1.29 is 9.84 Å². The van der Waals surface area contributed by atoms with Gasteiger partial charge in [0.15, 0.2) is 0 Å². The minimum atomic E-state index is 0. The standard InChI is InChI=1S/C19H25NO2.ClH/c1-14(2)22-18-10-8-15(9-11-18)12-19(20(3)4)16-6-5-7-17(21)13-16;/h5-11,13-14,19,21H,12H2,1-4H3;1H. The maximum Gasteiger partial charge on any atom is 0.119 e. The van der Waals surface area contributed by atoms with Gasteiger partial charge in [-0.15, -0.1) is 12.4 Å². The summed E-state index contributed by atoms with van der Waals surface area (Å²) in [6.45, 7) is 4.05. The van der Waals surface area contributed by atoms with Crippen molar-refractivity contribution in [1.82, 2.24) is 4.90 Å². The molecule has 0 aliphatic rings. The molecule has 0 saturated heterocycles. The zero-order chi connectivity index (χ0) is 16.1. The molecular weight excluding hydrogens is 310 g/mol. The number of phenols is 1. The zero-order valence-corrected chi connectivity index (χ0v) is 15.0. The van der Waals surface area contributed by atoms with Crippen LogP contribution in [0.15, 0.2) is 48.5 Å². The molecule has 0 amide bonds. The predicted molar refractivity (Wildman–Crippen MR) is 97.7 cm³/mol. The number of halogens is 1. The molecule has 0 aromatic heterocycles. The van der Waals surface area contributed by atoms with E-state index in [4.69, 9.17) is 4.74 Å². The molecule has 0 aliphatic carbocycles. The SMILES string of the molecule is CC(C)Oc1ccc(CC(c2cccc(O)c2)N(C)C)cc1.Cl. The van der Waals surface area contributed by atoms with E-state index in [2.05, 4.69) is 37.2 Å². The molecule has 2 aromatic rings. The molecule has 23 heavy (non-hydrogen) atoms. The average molecular weight is 336 g/mol. The van der Waals surface area contributed by atoms with Crippen LogP contribution in [0.3, 0.4) is 0 Å². The topological polar surface area (TPSA) is 32.7 Å². The Hall–Kier alpha value is -1.71. The molecule has 126 valence electrons. The van der Waals surface area contributed by atoms with Gasteiger partial charge < -0.3 is 14.7 Å². The Kier molecular flexibility index (Phi) is 7.40. The second-order valence-corrected chi connectivity index (χ2v) is 6.09. The number of nitrogens with zero attached hydrogens (tertiary/aromatic N) is 1. The maximum absolute atomic E-state index is 9.70. The van der Waals surface area contributed by atoms with Crippen molar-refractivity contribution in [2.45, 2.75) is 32.4 Å². The number of aromatic hydroxyl groups is 1. The van der Waals surface area contributed by atoms with Crippen molar-refractivity contribution in [3.63, 3.8) is 0 Å². The molecule has 1 atom stereocenters. The van der Waals surface area contributed by atoms with Crippen LogP contribution in [0, 0.1) is 0 Å². The molecule has 0 bridgehead atoms. The van der Waals surface area contributed by atoms with E-state index in [1.54, 1.807) is 6.07 Å². The Balaban J connectivity index is 0.00000264. The molecule has 2 aromatic carbocycles. The summed E-state index contributed by atoms with van der Waals surface area (Å²) in [5.41, 5.74) is 2.37. The Labute approximate surface area is 145 Å². The summed E-state index contributed by atoms with van der Waals surface area (Å²) in [4.78, 5) is 2.17. The zero-order valence-electron chi connectivity index (χ0n) is 14.2. The smallest absolute Gasteiger partial charge is 0.119 e. The summed E-state index contributed by atoms with van der Waals surface area (Å²) in [5, 5.41) is 9.70. The summed E-state index contributed by atoms with van der Waals surface area (Å²) in [7, 11) is 4.12. The number of benzene rings is 2. The molecule has 0 saturated carbocycles. The predicted octanol–water partition coefficient (Wildman–Crippen LogP) is 4.45. The molecular formula is C19H26ClNO2. The summed E-state index contributed by atoms with van der Waals surface area (Å²) in [6.07, 6.45) is 1.07. The minimum Gasteiger partial charge on any atom is -0.508 e. The normalized spacial score (nSPS) is 12.1. The molecule has 0 aliphatic heterocycles. The molecule has 0 radical (unpaired) electrons. The Morgan fingerprint density at radius 2 is 1.70 bits per heavy atom. The van der Waals surface area contributed by atoms with Crippen LogP contribution in [0.2, 0.25) is 0 Å². The van der Waals surface area contributed by atoms with E-state index in [0.717, 1.165) is 17.7 Å². The van der Waals surface area contributed by atoms with Crippen molar-refractivity contribution in [2.75, 3.05) is 14.1 Å². The van der Waals surface area contributed by atoms with Crippen LogP contribution in [-0.4, -0.2) is 30.2 Å². The van der Waals surface area contributed by atoms with Crippen molar-refractivity contribution in [2.24, 2.45) is 0 Å². The van der Waals surface area contributed by atoms with E-state index >= 15 is 0 Å². The van der Waals surface area contributed by atoms with Gasteiger partial charge in [0.2, 0.25) is 0 Å². The first-order valence-electron chi connectivity index (χ1n) is 7.66. The molecule has 3 nitrogen and oxygen atoms in total. The maximum atomic E-state index is 9.70. The van der Waals surface area contributed by atoms with Crippen LogP contribution < -0.4 is 4.74 Å². The fourth-order valence-electron chi connectivity index (χ4n) is 2.53. The van der Waals surface area contributed by atoms with Crippen molar-refractivity contribution in [3.8, 4) is 11.5 Å². The fraction of sp³-hybridized carbons (Fsp3) is 0.368. The Bertz CT molecular complexity index is 597. The van der Waals surface area contributed by atoms with Gasteiger partial charge >= 0.3 is 0 Å². The lowest BCUT2D eigenvalue weighted by Crippen LogP contribution is -2.22. The molecule has 2 rings (SSSR count). The van der Waals surface area contributed by atoms with Gasteiger partial charge in [0.1, 0.15) is 11.5 Å². The fourth-order valence-corrected chi connectivity index (χ4v) is 2.53. The monoisotopic (exact) mass is 335 g/mol. The second-order valence-electron chi connectivity index (χ2n) is 6.09. The van der Waals surface area contributed by atoms with Crippen LogP contribution in [0.4, 0.5) is 0 Å². The van der Waals surface area contributed by atoms with E-state index in [9.17, 15) is 5.11 Å². The third-order valence-corrected chi connectivity index (χ3v) is 3.60. The highest BCUT2D eigenvalue weighted by atomic mass is 35.5. The van der Waals surface area contributed by atoms with E-state index in [1.807, 2.05) is 38.1 Å². The summed E-state index contributed by atoms with van der Waals surface area (Å²) < 4.78 is 5.68. The van der Waals surface area contributed by atoms with E-state index in [0.29, 0.717) is 5.75 Å². The molecule has 0 fully saturated rings. The van der Waals surface area contributed by atoms with E-state index in [-0.39, 0.29) is 24.6 Å². The molecule has 0 spiro atoms. The third kappa shape index (κ3) is 5.77. The summed E-state index contributed by atoms with van der Waals surface area (Å²) >= 11 is 0. The number of likely N-dealkylation sites (N-methyl/N-ethyl adjacent to an activating group) is 1. The van der Waals surface area contributed by atoms with Crippen LogP contribution in [0.1, 0.15) is 31.0 Å². The highest BCUT2D eigenvalue weighted by Gasteiger charge is 2.15. The molecule has 1 unspecified atom stereocenters. The van der Waals surface area contributed by atoms with Gasteiger partial charge in [-0.25, -0.2) is 0 Å². The van der Waals surface area contributed by atoms with E-state index in [1.165, 1.54) is 5.56 Å². The summed E-state index contributed by atoms with van der Waals surface area (Å²) in [5.74, 6) is 1.21. The number of hydrogen-bond donors (Lipinski definition) is 1. The largest absolute Gasteiger partial charge is 0.508 e. The Morgan fingerprint density at radius 3 is 2.22 bits per heavy atom. The van der Waals surface area contributed by atoms with Gasteiger partial charge in [-0.05, 0) is 69.8 Å². The lowest BCUT2D eigenvalue weighted by Gasteiger charge is -2.25. The number of rotatable bonds is 6. The van der Waals surface area contributed by atoms with E-state index < -0.39 is 0 Å². The molecule has 0 heterocycles. The van der Waals surface area contributed by atoms with Crippen molar-refractivity contribution in [3.05, 3.63) is 59.7 Å². The van der Waals surface area contributed by atoms with Gasteiger partial charge in [0.25, 0.3) is 0 Å². The van der Waals surface area contributed by atoms with Crippen LogP contribution in [0.25, 0.3) is 0 Å². The number of ether oxygens (including phenoxy) is 1. The van der Waals surface area contributed by atoms with Gasteiger partial charge in [-0.1, -0.05) is 24.3 Å². The Morgan fingerprint density at radius 1 is 1.04 bits per heavy atom. The first-order chi connectivity index (χ1) is 10.5. The minimum absolute atomic E-state index is 0. The van der Waals surface area contributed by atoms with Gasteiger partial charge in [-0.3, -0.25) is 0 Å². The van der Waals surface area contributed by atoms with Crippen LogP contribution in [0.5, 0.6) is 11.5 Å². The van der Waals surface area contributed by atoms with Crippen LogP contribution >= 0.6 is 12.4 Å². The highest BCUT2D eigenvalue weighted by molar-refractivity contribution is 5.85. The lowest BCUT2D eigenvalue weighted by molar-refractivity contribution is 0.242. The quantitative estimate of drug-likeness (QED) is 0.846. The second kappa shape index (κ2) is 8.80. The number of phenolic OH excluding ortho intramolecular Hbond substituents is 1. The highest BCUT2D eigenvalue weighted by Crippen LogP contribution is 2.26. The molecule has 1 N–H and O–H groups in total. The van der Waals surface area contributed by atoms with Crippen molar-refractivity contribution >= 4 is 12.4 Å². The lowest BCUT2D eigenvalue weighted by atomic mass is 9.98. The van der Waals surface area contributed by atoms with Gasteiger partial charge in [0, 0.05) is 6.04 Å². The molecule has 4 heteroatoms. The van der Waals surface area contributed by atoms with Gasteiger partial charge in [-0.2, -0.15) is 0 Å². The van der Waals surface area contributed by atoms with Gasteiger partial charge in [0.05, 0.1) is 6.10 Å². The number of hydrogen-bond acceptors (Lipinski definition) is 3. The third-order valence-electron chi connectivity index (χ3n) is 3.60.